The van der Waals surface area contributed by atoms with Crippen LogP contribution in [-0.4, -0.2) is 23.8 Å². The minimum Gasteiger partial charge on any atom is -0.463 e. The van der Waals surface area contributed by atoms with Crippen LogP contribution in [-0.2, 0) is 9.53 Å². The summed E-state index contributed by atoms with van der Waals surface area (Å²) < 4.78 is 4.78. The van der Waals surface area contributed by atoms with Crippen LogP contribution in [0.25, 0.3) is 0 Å². The van der Waals surface area contributed by atoms with Gasteiger partial charge in [0.1, 0.15) is 6.61 Å². The molecule has 0 saturated heterocycles. The molecule has 0 rings (SSSR count). The molecule has 27 heavy (non-hydrogen) atoms. The Kier molecular flexibility index (Phi) is 18.4. The zero-order chi connectivity index (χ0) is 20.2. The van der Waals surface area contributed by atoms with Gasteiger partial charge in [0.15, 0.2) is 0 Å². The average Bonchev–Trinajstić information content (AvgIpc) is 2.63. The average molecular weight is 379 g/mol. The highest BCUT2D eigenvalue weighted by Crippen LogP contribution is 2.11. The molecule has 0 radical (unpaired) electrons. The third kappa shape index (κ3) is 20.8. The van der Waals surface area contributed by atoms with Gasteiger partial charge in [0, 0.05) is 13.3 Å². The molecule has 0 aliphatic heterocycles. The number of ether oxygens (including phenoxy) is 1. The van der Waals surface area contributed by atoms with Crippen LogP contribution in [0.3, 0.4) is 0 Å². The summed E-state index contributed by atoms with van der Waals surface area (Å²) in [6, 6.07) is 0. The van der Waals surface area contributed by atoms with Gasteiger partial charge < -0.3 is 9.84 Å². The van der Waals surface area contributed by atoms with Crippen molar-refractivity contribution >= 4 is 5.97 Å². The van der Waals surface area contributed by atoms with E-state index in [4.69, 9.17) is 4.74 Å². The van der Waals surface area contributed by atoms with E-state index in [0.29, 0.717) is 6.42 Å². The molecule has 1 N–H and O–H groups in total. The van der Waals surface area contributed by atoms with Crippen molar-refractivity contribution in [2.45, 2.75) is 103 Å². The number of esters is 1. The Balaban J connectivity index is 3.41. The monoisotopic (exact) mass is 378 g/mol. The summed E-state index contributed by atoms with van der Waals surface area (Å²) in [5, 5.41) is 9.72. The van der Waals surface area contributed by atoms with Gasteiger partial charge in [-0.25, -0.2) is 0 Å². The first-order valence-corrected chi connectivity index (χ1v) is 10.9. The molecule has 0 aromatic carbocycles. The maximum atomic E-state index is 10.7. The highest BCUT2D eigenvalue weighted by Gasteiger charge is 2.06. The van der Waals surface area contributed by atoms with E-state index in [1.165, 1.54) is 77.6 Å². The molecule has 0 heterocycles. The van der Waals surface area contributed by atoms with Gasteiger partial charge in [0.2, 0.25) is 0 Å². The minimum absolute atomic E-state index is 0.0385. The van der Waals surface area contributed by atoms with Gasteiger partial charge in [0.05, 0.1) is 6.10 Å². The van der Waals surface area contributed by atoms with Crippen LogP contribution in [0.5, 0.6) is 0 Å². The molecule has 3 nitrogen and oxygen atoms in total. The van der Waals surface area contributed by atoms with Gasteiger partial charge >= 0.3 is 5.97 Å². The van der Waals surface area contributed by atoms with E-state index in [2.05, 4.69) is 31.7 Å². The summed E-state index contributed by atoms with van der Waals surface area (Å²) in [4.78, 5) is 10.7. The summed E-state index contributed by atoms with van der Waals surface area (Å²) in [6.07, 6.45) is 23.9. The maximum absolute atomic E-state index is 10.7. The van der Waals surface area contributed by atoms with E-state index in [0.717, 1.165) is 12.0 Å². The third-order valence-electron chi connectivity index (χ3n) is 4.46. The Labute approximate surface area is 167 Å². The quantitative estimate of drug-likeness (QED) is 0.125. The predicted octanol–water partition coefficient (Wildman–Crippen LogP) is 6.67. The van der Waals surface area contributed by atoms with Crippen molar-refractivity contribution in [3.8, 4) is 0 Å². The fourth-order valence-corrected chi connectivity index (χ4v) is 2.87. The van der Waals surface area contributed by atoms with Crippen molar-refractivity contribution in [2.24, 2.45) is 0 Å². The number of carbonyl (C=O) groups is 1. The second-order valence-electron chi connectivity index (χ2n) is 7.39. The molecule has 0 spiro atoms. The molecule has 0 aliphatic carbocycles. The van der Waals surface area contributed by atoms with Crippen molar-refractivity contribution < 1.29 is 14.6 Å². The minimum atomic E-state index is -0.669. The van der Waals surface area contributed by atoms with Crippen LogP contribution in [0.15, 0.2) is 36.5 Å². The SMILES string of the molecule is C=C(/C=C/CCCCCCCC/C=C\CCCCC)CC(O)COC(C)=O. The molecule has 0 aromatic rings. The number of aliphatic hydroxyl groups excluding tert-OH is 1. The van der Waals surface area contributed by atoms with Gasteiger partial charge in [-0.1, -0.05) is 81.9 Å². The first kappa shape index (κ1) is 25.6. The van der Waals surface area contributed by atoms with Crippen LogP contribution in [0, 0.1) is 0 Å². The third-order valence-corrected chi connectivity index (χ3v) is 4.46. The maximum Gasteiger partial charge on any atom is 0.302 e. The summed E-state index contributed by atoms with van der Waals surface area (Å²) in [5.74, 6) is -0.367. The Bertz CT molecular complexity index is 423. The topological polar surface area (TPSA) is 46.5 Å². The second-order valence-corrected chi connectivity index (χ2v) is 7.39. The van der Waals surface area contributed by atoms with Crippen LogP contribution in [0.2, 0.25) is 0 Å². The molecule has 156 valence electrons. The number of unbranched alkanes of at least 4 members (excludes halogenated alkanes) is 10. The number of hydrogen-bond donors (Lipinski definition) is 1. The van der Waals surface area contributed by atoms with Crippen LogP contribution in [0.4, 0.5) is 0 Å². The first-order chi connectivity index (χ1) is 13.1. The molecule has 1 unspecified atom stereocenters. The van der Waals surface area contributed by atoms with E-state index in [-0.39, 0.29) is 12.6 Å². The number of aliphatic hydroxyl groups is 1. The van der Waals surface area contributed by atoms with Crippen molar-refractivity contribution in [3.05, 3.63) is 36.5 Å². The molecule has 0 aliphatic rings. The number of carbonyl (C=O) groups excluding carboxylic acids is 1. The molecule has 3 heteroatoms. The van der Waals surface area contributed by atoms with Crippen LogP contribution in [0.1, 0.15) is 97.3 Å². The zero-order valence-corrected chi connectivity index (χ0v) is 17.8. The largest absolute Gasteiger partial charge is 0.463 e. The molecule has 0 fully saturated rings. The molecular formula is C24H42O3. The number of allylic oxidation sites excluding steroid dienone is 4. The molecule has 1 atom stereocenters. The molecule has 0 aromatic heterocycles. The molecule has 0 bridgehead atoms. The fraction of sp³-hybridized carbons (Fsp3) is 0.708. The van der Waals surface area contributed by atoms with Crippen molar-refractivity contribution in [1.29, 1.82) is 0 Å². The van der Waals surface area contributed by atoms with E-state index in [9.17, 15) is 9.90 Å². The van der Waals surface area contributed by atoms with E-state index >= 15 is 0 Å². The summed E-state index contributed by atoms with van der Waals surface area (Å²) in [5.41, 5.74) is 0.873. The van der Waals surface area contributed by atoms with Crippen molar-refractivity contribution in [3.63, 3.8) is 0 Å². The van der Waals surface area contributed by atoms with E-state index in [1.807, 2.05) is 6.08 Å². The Morgan fingerprint density at radius 1 is 0.926 bits per heavy atom. The summed E-state index contributed by atoms with van der Waals surface area (Å²) in [7, 11) is 0. The first-order valence-electron chi connectivity index (χ1n) is 10.9. The lowest BCUT2D eigenvalue weighted by Gasteiger charge is -2.10. The second kappa shape index (κ2) is 19.4. The van der Waals surface area contributed by atoms with Gasteiger partial charge in [-0.2, -0.15) is 0 Å². The highest BCUT2D eigenvalue weighted by molar-refractivity contribution is 5.65. The smallest absolute Gasteiger partial charge is 0.302 e. The lowest BCUT2D eigenvalue weighted by atomic mass is 10.1. The number of hydrogen-bond acceptors (Lipinski definition) is 3. The van der Waals surface area contributed by atoms with Gasteiger partial charge in [-0.05, 0) is 38.5 Å². The van der Waals surface area contributed by atoms with E-state index in [1.54, 1.807) is 0 Å². The number of rotatable bonds is 18. The summed E-state index contributed by atoms with van der Waals surface area (Å²) >= 11 is 0. The Morgan fingerprint density at radius 3 is 2.00 bits per heavy atom. The van der Waals surface area contributed by atoms with E-state index < -0.39 is 6.10 Å². The lowest BCUT2D eigenvalue weighted by Crippen LogP contribution is -2.17. The molecule has 0 amide bonds. The Morgan fingerprint density at radius 2 is 1.44 bits per heavy atom. The van der Waals surface area contributed by atoms with Gasteiger partial charge in [-0.15, -0.1) is 0 Å². The highest BCUT2D eigenvalue weighted by atomic mass is 16.5. The standard InChI is InChI=1S/C24H42O3/c1-4-5-6-7-8-9-10-11-12-13-14-15-16-17-18-19-22(2)20-24(26)21-27-23(3)25/h8-9,18-19,24,26H,2,4-7,10-17,20-21H2,1,3H3/b9-8-,19-18+. The molecule has 0 saturated carbocycles. The normalized spacial score (nSPS) is 12.7. The van der Waals surface area contributed by atoms with Crippen LogP contribution >= 0.6 is 0 Å². The lowest BCUT2D eigenvalue weighted by molar-refractivity contribution is -0.143. The fourth-order valence-electron chi connectivity index (χ4n) is 2.87. The van der Waals surface area contributed by atoms with Crippen LogP contribution < -0.4 is 0 Å². The van der Waals surface area contributed by atoms with Crippen molar-refractivity contribution in [1.82, 2.24) is 0 Å². The van der Waals surface area contributed by atoms with Gasteiger partial charge in [0.25, 0.3) is 0 Å². The molecular weight excluding hydrogens is 336 g/mol. The Hall–Kier alpha value is -1.35. The summed E-state index contributed by atoms with van der Waals surface area (Å²) in [6.45, 7) is 7.56. The van der Waals surface area contributed by atoms with Crippen molar-refractivity contribution in [2.75, 3.05) is 6.61 Å². The van der Waals surface area contributed by atoms with Gasteiger partial charge in [-0.3, -0.25) is 4.79 Å². The predicted molar refractivity (Wildman–Crippen MR) is 116 cm³/mol. The zero-order valence-electron chi connectivity index (χ0n) is 17.8.